The summed E-state index contributed by atoms with van der Waals surface area (Å²) in [6.45, 7) is 11.0. The Labute approximate surface area is 300 Å². The molecular weight excluding hydrogens is 664 g/mol. The van der Waals surface area contributed by atoms with Crippen LogP contribution in [-0.4, -0.2) is 129 Å². The molecule has 11 N–H and O–H groups in total. The number of aliphatic hydroxyl groups is 6. The molecule has 1 heterocycles. The van der Waals surface area contributed by atoms with Gasteiger partial charge in [0.1, 0.15) is 30.4 Å². The van der Waals surface area contributed by atoms with Crippen molar-refractivity contribution in [2.45, 2.75) is 129 Å². The molecule has 0 saturated heterocycles. The topological polar surface area (TPSA) is 256 Å². The third-order valence-corrected chi connectivity index (χ3v) is 8.71. The summed E-state index contributed by atoms with van der Waals surface area (Å²) in [6.07, 6.45) is -1.60. The lowest BCUT2D eigenvalue weighted by atomic mass is 9.81. The number of carbonyl (C=O) groups excluding carboxylic acids is 1. The molecule has 288 valence electrons. The lowest BCUT2D eigenvalue weighted by molar-refractivity contribution is -0.216. The molecule has 1 saturated carbocycles. The van der Waals surface area contributed by atoms with E-state index in [4.69, 9.17) is 25.4 Å². The van der Waals surface area contributed by atoms with Crippen LogP contribution in [0.4, 0.5) is 0 Å². The normalized spacial score (nSPS) is 27.6. The van der Waals surface area contributed by atoms with Gasteiger partial charge in [0.15, 0.2) is 36.8 Å². The fourth-order valence-corrected chi connectivity index (χ4v) is 5.74. The number of methoxy groups -OCH3 is 1. The van der Waals surface area contributed by atoms with Crippen molar-refractivity contribution >= 4 is 18.2 Å². The Morgan fingerprint density at radius 2 is 1.71 bits per heavy atom. The van der Waals surface area contributed by atoms with Gasteiger partial charge in [0, 0.05) is 31.5 Å². The zero-order valence-electron chi connectivity index (χ0n) is 30.8. The Kier molecular flexibility index (Phi) is 17.5. The van der Waals surface area contributed by atoms with E-state index >= 15 is 0 Å². The summed E-state index contributed by atoms with van der Waals surface area (Å²) >= 11 is 0. The fourth-order valence-electron chi connectivity index (χ4n) is 5.74. The Balaban J connectivity index is 2.25. The van der Waals surface area contributed by atoms with Gasteiger partial charge in [-0.1, -0.05) is 34.9 Å². The van der Waals surface area contributed by atoms with Crippen molar-refractivity contribution in [2.24, 2.45) is 10.7 Å². The molecule has 0 amide bonds. The molecule has 9 unspecified atom stereocenters. The summed E-state index contributed by atoms with van der Waals surface area (Å²) in [5.74, 6) is -1.13. The van der Waals surface area contributed by atoms with Crippen LogP contribution in [0.1, 0.15) is 67.2 Å². The summed E-state index contributed by atoms with van der Waals surface area (Å²) in [7, 11) is 2.85. The van der Waals surface area contributed by atoms with Crippen molar-refractivity contribution in [3.05, 3.63) is 58.1 Å². The number of allylic oxidation sites excluding steroid dienone is 7. The number of hydrogen-bond donors (Lipinski definition) is 10. The summed E-state index contributed by atoms with van der Waals surface area (Å²) in [5.41, 5.74) is 9.41. The maximum Gasteiger partial charge on any atom is 0.195 e. The van der Waals surface area contributed by atoms with Gasteiger partial charge in [-0.2, -0.15) is 0 Å². The van der Waals surface area contributed by atoms with Crippen molar-refractivity contribution in [3.63, 3.8) is 0 Å². The standard InChI is InChI=1S/C35H58N6O10/c1-9-22(32(47)48)33(49-8)51-30(25(43)21(6)17-42)31-40-34(36)38-24-26(44)23(27(45)28(46)29(24)50-31)39-35(37)41(7)16-20(5)15-11-14-19(4)13-10-12-18(2)3/h9,12,14,16-17,23-24,26-33,43-48H,10-11,13,15H2,1-8H3,(H2,37,39)(H3,36,38,40)/b19-14+,20-16+,22-9+,25-21-. The number of nitrogens with one attached hydrogen (secondary N) is 3. The van der Waals surface area contributed by atoms with Crippen molar-refractivity contribution in [3.8, 4) is 0 Å². The van der Waals surface area contributed by atoms with Gasteiger partial charge < -0.3 is 66.1 Å². The van der Waals surface area contributed by atoms with E-state index in [-0.39, 0.29) is 23.1 Å². The van der Waals surface area contributed by atoms with Gasteiger partial charge in [-0.25, -0.2) is 4.99 Å². The maximum atomic E-state index is 11.6. The van der Waals surface area contributed by atoms with Crippen molar-refractivity contribution < 1.29 is 49.6 Å². The van der Waals surface area contributed by atoms with Gasteiger partial charge in [0.2, 0.25) is 0 Å². The number of nitrogens with two attached hydrogens (primary N) is 1. The zero-order valence-corrected chi connectivity index (χ0v) is 30.8. The fraction of sp³-hybridized carbons (Fsp3) is 0.629. The number of carbonyl (C=O) groups is 1. The Morgan fingerprint density at radius 3 is 2.27 bits per heavy atom. The van der Waals surface area contributed by atoms with E-state index in [1.807, 2.05) is 6.92 Å². The van der Waals surface area contributed by atoms with Crippen molar-refractivity contribution in [1.82, 2.24) is 15.5 Å². The van der Waals surface area contributed by atoms with Crippen LogP contribution < -0.4 is 16.4 Å². The first kappa shape index (κ1) is 43.6. The largest absolute Gasteiger partial charge is 0.509 e. The van der Waals surface area contributed by atoms with Crippen LogP contribution in [0.25, 0.3) is 0 Å². The number of aliphatic imine (C=N–C) groups is 1. The van der Waals surface area contributed by atoms with Crippen LogP contribution in [0.3, 0.4) is 0 Å². The molecule has 51 heavy (non-hydrogen) atoms. The molecular formula is C35H58N6O10. The number of aldehydes is 1. The minimum atomic E-state index is -2.00. The third-order valence-electron chi connectivity index (χ3n) is 8.71. The van der Waals surface area contributed by atoms with E-state index in [9.17, 15) is 35.4 Å². The highest BCUT2D eigenvalue weighted by Gasteiger charge is 2.53. The predicted molar refractivity (Wildman–Crippen MR) is 192 cm³/mol. The van der Waals surface area contributed by atoms with Gasteiger partial charge >= 0.3 is 0 Å². The molecule has 0 bridgehead atoms. The number of fused-ring (bicyclic) bond motifs is 1. The highest BCUT2D eigenvalue weighted by Crippen LogP contribution is 2.30. The summed E-state index contributed by atoms with van der Waals surface area (Å²) in [5, 5.41) is 78.7. The quantitative estimate of drug-likeness (QED) is 0.0202. The van der Waals surface area contributed by atoms with Gasteiger partial charge in [-0.3, -0.25) is 10.2 Å². The molecule has 0 spiro atoms. The van der Waals surface area contributed by atoms with E-state index < -0.39 is 67.2 Å². The molecule has 9 atom stereocenters. The molecule has 1 fully saturated rings. The number of hydrogen-bond acceptors (Lipinski definition) is 14. The number of aliphatic hydroxyl groups excluding tert-OH is 5. The molecule has 0 aromatic carbocycles. The number of ether oxygens (including phenoxy) is 3. The molecule has 16 heteroatoms. The smallest absolute Gasteiger partial charge is 0.195 e. The zero-order chi connectivity index (χ0) is 38.6. The number of rotatable bonds is 16. The Bertz CT molecular complexity index is 1370. The first-order valence-electron chi connectivity index (χ1n) is 16.9. The molecule has 2 aliphatic rings. The summed E-state index contributed by atoms with van der Waals surface area (Å²) < 4.78 is 17.1. The van der Waals surface area contributed by atoms with Crippen LogP contribution >= 0.6 is 0 Å². The summed E-state index contributed by atoms with van der Waals surface area (Å²) in [6, 6.07) is -2.46. The summed E-state index contributed by atoms with van der Waals surface area (Å²) in [4.78, 5) is 17.3. The van der Waals surface area contributed by atoms with Crippen LogP contribution in [0, 0.1) is 5.41 Å². The SMILES string of the molecule is C/C=C(\C(O)O)C(OC)OC(/C(O)=C(\C)C=O)C1N=C(N)NC2C(O)C(NC(=N)N(C)/C=C(\C)CC/C=C(\C)CCC=C(C)C)C(O)C(O)C2O1. The average molecular weight is 723 g/mol. The van der Waals surface area contributed by atoms with Crippen molar-refractivity contribution in [1.29, 1.82) is 5.41 Å². The van der Waals surface area contributed by atoms with Gasteiger partial charge in [-0.15, -0.1) is 0 Å². The highest BCUT2D eigenvalue weighted by molar-refractivity contribution is 5.79. The second kappa shape index (κ2) is 20.4. The molecule has 0 radical (unpaired) electrons. The van der Waals surface area contributed by atoms with Crippen LogP contribution in [0.2, 0.25) is 0 Å². The van der Waals surface area contributed by atoms with Crippen LogP contribution in [0.15, 0.2) is 63.0 Å². The Hall–Kier alpha value is -3.61. The van der Waals surface area contributed by atoms with Crippen LogP contribution in [-0.2, 0) is 19.0 Å². The number of nitrogens with zero attached hydrogens (tertiary/aromatic N) is 2. The number of guanidine groups is 2. The monoisotopic (exact) mass is 722 g/mol. The second-order valence-electron chi connectivity index (χ2n) is 13.1. The molecule has 1 aliphatic heterocycles. The lowest BCUT2D eigenvalue weighted by Crippen LogP contribution is -2.73. The molecule has 1 aliphatic carbocycles. The first-order valence-corrected chi connectivity index (χ1v) is 16.9. The van der Waals surface area contributed by atoms with E-state index in [1.54, 1.807) is 13.2 Å². The minimum Gasteiger partial charge on any atom is -0.509 e. The Morgan fingerprint density at radius 1 is 1.08 bits per heavy atom. The van der Waals surface area contributed by atoms with Gasteiger partial charge in [0.05, 0.1) is 18.2 Å². The lowest BCUT2D eigenvalue weighted by Gasteiger charge is -2.46. The van der Waals surface area contributed by atoms with E-state index in [0.29, 0.717) is 6.29 Å². The minimum absolute atomic E-state index is 0.145. The molecule has 0 aromatic heterocycles. The average Bonchev–Trinajstić information content (AvgIpc) is 3.25. The van der Waals surface area contributed by atoms with Gasteiger partial charge in [0.25, 0.3) is 0 Å². The predicted octanol–water partition coefficient (Wildman–Crippen LogP) is 0.928. The van der Waals surface area contributed by atoms with Crippen LogP contribution in [0.5, 0.6) is 0 Å². The van der Waals surface area contributed by atoms with E-state index in [0.717, 1.165) is 31.3 Å². The molecule has 16 nitrogen and oxygen atoms in total. The molecule has 0 aromatic rings. The highest BCUT2D eigenvalue weighted by atomic mass is 16.7. The second-order valence-corrected chi connectivity index (χ2v) is 13.1. The van der Waals surface area contributed by atoms with Crippen molar-refractivity contribution in [2.75, 3.05) is 14.2 Å². The first-order chi connectivity index (χ1) is 24.0. The van der Waals surface area contributed by atoms with Gasteiger partial charge in [-0.05, 0) is 67.2 Å². The third kappa shape index (κ3) is 12.2. The molecule has 2 rings (SSSR count). The van der Waals surface area contributed by atoms with E-state index in [1.165, 1.54) is 43.1 Å². The maximum absolute atomic E-state index is 11.6. The van der Waals surface area contributed by atoms with E-state index in [2.05, 4.69) is 48.5 Å².